The third-order valence-electron chi connectivity index (χ3n) is 3.51. The highest BCUT2D eigenvalue weighted by Crippen LogP contribution is 2.22. The van der Waals surface area contributed by atoms with Crippen molar-refractivity contribution in [1.82, 2.24) is 10.6 Å². The zero-order chi connectivity index (χ0) is 11.4. The summed E-state index contributed by atoms with van der Waals surface area (Å²) < 4.78 is 0. The molecule has 1 aromatic rings. The average molecular weight is 218 g/mol. The fourth-order valence-electron chi connectivity index (χ4n) is 2.46. The van der Waals surface area contributed by atoms with Gasteiger partial charge in [-0.2, -0.15) is 0 Å². The maximum atomic E-state index is 3.56. The minimum atomic E-state index is 0.483. The Morgan fingerprint density at radius 3 is 2.69 bits per heavy atom. The van der Waals surface area contributed by atoms with Crippen molar-refractivity contribution in [1.29, 1.82) is 0 Å². The number of hydrogen-bond acceptors (Lipinski definition) is 2. The highest BCUT2D eigenvalue weighted by Gasteiger charge is 2.19. The van der Waals surface area contributed by atoms with Crippen molar-refractivity contribution in [2.75, 3.05) is 13.6 Å². The first-order valence-corrected chi connectivity index (χ1v) is 6.27. The second-order valence-electron chi connectivity index (χ2n) is 4.78. The summed E-state index contributed by atoms with van der Waals surface area (Å²) in [5.74, 6) is 0. The summed E-state index contributed by atoms with van der Waals surface area (Å²) in [6, 6.07) is 10.1. The molecule has 1 fully saturated rings. The second kappa shape index (κ2) is 5.46. The highest BCUT2D eigenvalue weighted by molar-refractivity contribution is 5.24. The van der Waals surface area contributed by atoms with Gasteiger partial charge < -0.3 is 10.6 Å². The topological polar surface area (TPSA) is 24.1 Å². The molecule has 0 bridgehead atoms. The Labute approximate surface area is 98.4 Å². The summed E-state index contributed by atoms with van der Waals surface area (Å²) in [5.41, 5.74) is 2.74. The Balaban J connectivity index is 2.00. The Morgan fingerprint density at radius 1 is 1.38 bits per heavy atom. The monoisotopic (exact) mass is 218 g/mol. The Bertz CT molecular complexity index is 312. The van der Waals surface area contributed by atoms with E-state index in [1.165, 1.54) is 36.9 Å². The van der Waals surface area contributed by atoms with Crippen molar-refractivity contribution >= 4 is 0 Å². The van der Waals surface area contributed by atoms with Gasteiger partial charge in [-0.3, -0.25) is 0 Å². The van der Waals surface area contributed by atoms with Gasteiger partial charge in [0.15, 0.2) is 0 Å². The predicted octanol–water partition coefficient (Wildman–Crippen LogP) is 2.40. The Morgan fingerprint density at radius 2 is 2.12 bits per heavy atom. The van der Waals surface area contributed by atoms with Crippen molar-refractivity contribution in [3.8, 4) is 0 Å². The van der Waals surface area contributed by atoms with Crippen LogP contribution < -0.4 is 10.6 Å². The van der Waals surface area contributed by atoms with Gasteiger partial charge in [0.1, 0.15) is 0 Å². The number of rotatable bonds is 4. The minimum Gasteiger partial charge on any atom is -0.314 e. The van der Waals surface area contributed by atoms with E-state index in [-0.39, 0.29) is 0 Å². The molecule has 2 nitrogen and oxygen atoms in total. The number of aryl methyl sites for hydroxylation is 1. The molecule has 0 saturated carbocycles. The van der Waals surface area contributed by atoms with Crippen LogP contribution in [0.25, 0.3) is 0 Å². The summed E-state index contributed by atoms with van der Waals surface area (Å²) in [6.07, 6.45) is 3.85. The number of nitrogens with one attached hydrogen (secondary N) is 2. The van der Waals surface area contributed by atoms with E-state index >= 15 is 0 Å². The van der Waals surface area contributed by atoms with Gasteiger partial charge in [-0.1, -0.05) is 29.8 Å². The summed E-state index contributed by atoms with van der Waals surface area (Å²) in [4.78, 5) is 0. The van der Waals surface area contributed by atoms with E-state index in [9.17, 15) is 0 Å². The van der Waals surface area contributed by atoms with Gasteiger partial charge in [0.05, 0.1) is 0 Å². The van der Waals surface area contributed by atoms with Crippen molar-refractivity contribution < 1.29 is 0 Å². The first kappa shape index (κ1) is 11.6. The smallest absolute Gasteiger partial charge is 0.0332 e. The van der Waals surface area contributed by atoms with Crippen molar-refractivity contribution in [3.63, 3.8) is 0 Å². The quantitative estimate of drug-likeness (QED) is 0.811. The maximum absolute atomic E-state index is 3.56. The SMILES string of the molecule is CNC(CC1CCCN1)c1ccc(C)cc1. The molecule has 1 aliphatic heterocycles. The summed E-state index contributed by atoms with van der Waals surface area (Å²) in [5, 5.41) is 6.99. The van der Waals surface area contributed by atoms with Crippen molar-refractivity contribution in [2.45, 2.75) is 38.3 Å². The molecule has 2 rings (SSSR count). The Kier molecular flexibility index (Phi) is 3.97. The molecule has 88 valence electrons. The van der Waals surface area contributed by atoms with E-state index in [0.717, 1.165) is 0 Å². The van der Waals surface area contributed by atoms with E-state index in [2.05, 4.69) is 48.9 Å². The van der Waals surface area contributed by atoms with Gasteiger partial charge in [-0.15, -0.1) is 0 Å². The van der Waals surface area contributed by atoms with Crippen LogP contribution in [0.5, 0.6) is 0 Å². The van der Waals surface area contributed by atoms with Crippen molar-refractivity contribution in [2.24, 2.45) is 0 Å². The van der Waals surface area contributed by atoms with Crippen LogP contribution in [0.3, 0.4) is 0 Å². The molecule has 1 aliphatic rings. The molecule has 0 radical (unpaired) electrons. The van der Waals surface area contributed by atoms with E-state index < -0.39 is 0 Å². The van der Waals surface area contributed by atoms with E-state index in [4.69, 9.17) is 0 Å². The summed E-state index contributed by atoms with van der Waals surface area (Å²) in [6.45, 7) is 3.33. The molecule has 0 spiro atoms. The standard InChI is InChI=1S/C14H22N2/c1-11-5-7-12(8-6-11)14(15-2)10-13-4-3-9-16-13/h5-8,13-16H,3-4,9-10H2,1-2H3. The zero-order valence-corrected chi connectivity index (χ0v) is 10.3. The maximum Gasteiger partial charge on any atom is 0.0332 e. The molecule has 2 atom stereocenters. The molecule has 2 heteroatoms. The lowest BCUT2D eigenvalue weighted by Crippen LogP contribution is -2.28. The van der Waals surface area contributed by atoms with Gasteiger partial charge in [-0.05, 0) is 45.3 Å². The average Bonchev–Trinajstić information content (AvgIpc) is 2.80. The van der Waals surface area contributed by atoms with E-state index in [1.807, 2.05) is 0 Å². The van der Waals surface area contributed by atoms with E-state index in [1.54, 1.807) is 0 Å². The zero-order valence-electron chi connectivity index (χ0n) is 10.3. The fourth-order valence-corrected chi connectivity index (χ4v) is 2.46. The van der Waals surface area contributed by atoms with Crippen LogP contribution in [0.4, 0.5) is 0 Å². The predicted molar refractivity (Wildman–Crippen MR) is 68.6 cm³/mol. The largest absolute Gasteiger partial charge is 0.314 e. The first-order chi connectivity index (χ1) is 7.79. The molecule has 2 unspecified atom stereocenters. The molecule has 0 aliphatic carbocycles. The normalized spacial score (nSPS) is 22.2. The van der Waals surface area contributed by atoms with E-state index in [0.29, 0.717) is 12.1 Å². The lowest BCUT2D eigenvalue weighted by atomic mass is 9.98. The van der Waals surface area contributed by atoms with Gasteiger partial charge in [0.2, 0.25) is 0 Å². The molecule has 1 aromatic carbocycles. The van der Waals surface area contributed by atoms with Crippen LogP contribution in [0.15, 0.2) is 24.3 Å². The minimum absolute atomic E-state index is 0.483. The molecule has 16 heavy (non-hydrogen) atoms. The fraction of sp³-hybridized carbons (Fsp3) is 0.571. The molecule has 1 heterocycles. The third-order valence-corrected chi connectivity index (χ3v) is 3.51. The molecular weight excluding hydrogens is 196 g/mol. The molecule has 1 saturated heterocycles. The summed E-state index contributed by atoms with van der Waals surface area (Å²) in [7, 11) is 2.06. The van der Waals surface area contributed by atoms with Crippen LogP contribution in [0, 0.1) is 6.92 Å². The molecule has 0 amide bonds. The third kappa shape index (κ3) is 2.83. The lowest BCUT2D eigenvalue weighted by molar-refractivity contribution is 0.453. The molecule has 0 aromatic heterocycles. The van der Waals surface area contributed by atoms with Crippen molar-refractivity contribution in [3.05, 3.63) is 35.4 Å². The van der Waals surface area contributed by atoms with Crippen LogP contribution in [0.1, 0.15) is 36.4 Å². The first-order valence-electron chi connectivity index (χ1n) is 6.27. The van der Waals surface area contributed by atoms with Crippen LogP contribution in [0.2, 0.25) is 0 Å². The molecular formula is C14H22N2. The van der Waals surface area contributed by atoms with Gasteiger partial charge in [0, 0.05) is 12.1 Å². The number of benzene rings is 1. The van der Waals surface area contributed by atoms with Crippen LogP contribution >= 0.6 is 0 Å². The van der Waals surface area contributed by atoms with Gasteiger partial charge >= 0.3 is 0 Å². The Hall–Kier alpha value is -0.860. The summed E-state index contributed by atoms with van der Waals surface area (Å²) >= 11 is 0. The highest BCUT2D eigenvalue weighted by atomic mass is 15.0. The lowest BCUT2D eigenvalue weighted by Gasteiger charge is -2.21. The van der Waals surface area contributed by atoms with Gasteiger partial charge in [-0.25, -0.2) is 0 Å². The van der Waals surface area contributed by atoms with Gasteiger partial charge in [0.25, 0.3) is 0 Å². The molecule has 2 N–H and O–H groups in total. The second-order valence-corrected chi connectivity index (χ2v) is 4.78. The number of hydrogen-bond donors (Lipinski definition) is 2. The van der Waals surface area contributed by atoms with Crippen LogP contribution in [-0.2, 0) is 0 Å². The van der Waals surface area contributed by atoms with Crippen LogP contribution in [-0.4, -0.2) is 19.6 Å².